The number of fused-ring (bicyclic) bond motifs is 3. The molecule has 3 fully saturated rings. The highest BCUT2D eigenvalue weighted by molar-refractivity contribution is 4.92. The van der Waals surface area contributed by atoms with E-state index in [4.69, 9.17) is 0 Å². The van der Waals surface area contributed by atoms with Gasteiger partial charge in [0.1, 0.15) is 0 Å². The summed E-state index contributed by atoms with van der Waals surface area (Å²) in [4.78, 5) is 2.64. The molecule has 64 valence electrons. The molecule has 0 radical (unpaired) electrons. The molecule has 11 heavy (non-hydrogen) atoms. The molecule has 3 rings (SSSR count). The highest BCUT2D eigenvalue weighted by Crippen LogP contribution is 2.39. The molecule has 2 bridgehead atoms. The quantitative estimate of drug-likeness (QED) is 0.558. The van der Waals surface area contributed by atoms with Crippen molar-refractivity contribution >= 4 is 0 Å². The Bertz CT molecular complexity index is 134. The summed E-state index contributed by atoms with van der Waals surface area (Å²) >= 11 is 0. The van der Waals surface area contributed by atoms with E-state index in [9.17, 15) is 0 Å². The van der Waals surface area contributed by atoms with Crippen LogP contribution in [0.15, 0.2) is 0 Å². The maximum atomic E-state index is 2.64. The first kappa shape index (κ1) is 7.60. The van der Waals surface area contributed by atoms with Gasteiger partial charge >= 0.3 is 0 Å². The summed E-state index contributed by atoms with van der Waals surface area (Å²) in [6, 6.07) is 1.85. The average molecular weight is 153 g/mol. The number of nitrogens with zero attached hydrogens (tertiary/aromatic N) is 1. The van der Waals surface area contributed by atoms with Gasteiger partial charge in [0, 0.05) is 12.1 Å². The second-order valence-corrected chi connectivity index (χ2v) is 4.21. The van der Waals surface area contributed by atoms with Crippen LogP contribution in [-0.4, -0.2) is 24.0 Å². The molecule has 2 saturated heterocycles. The minimum Gasteiger partial charge on any atom is -0.300 e. The molecule has 3 aliphatic rings. The van der Waals surface area contributed by atoms with Crippen LogP contribution in [0.3, 0.4) is 0 Å². The Morgan fingerprint density at radius 3 is 2.18 bits per heavy atom. The Hall–Kier alpha value is -0.0400. The first-order valence-corrected chi connectivity index (χ1v) is 5.05. The second kappa shape index (κ2) is 2.78. The number of hydrogen-bond acceptors (Lipinski definition) is 1. The van der Waals surface area contributed by atoms with Gasteiger partial charge in [0.05, 0.1) is 0 Å². The molecule has 0 aromatic carbocycles. The first-order valence-electron chi connectivity index (χ1n) is 5.05. The number of piperidine rings is 2. The zero-order valence-electron chi connectivity index (χ0n) is 7.71. The lowest BCUT2D eigenvalue weighted by Gasteiger charge is -2.49. The molecule has 1 saturated carbocycles. The van der Waals surface area contributed by atoms with Gasteiger partial charge in [-0.2, -0.15) is 0 Å². The summed E-state index contributed by atoms with van der Waals surface area (Å²) in [7, 11) is 2.32. The van der Waals surface area contributed by atoms with Crippen LogP contribution in [-0.2, 0) is 0 Å². The maximum Gasteiger partial charge on any atom is 0.0121 e. The molecule has 0 aromatic rings. The largest absolute Gasteiger partial charge is 0.300 e. The van der Waals surface area contributed by atoms with Gasteiger partial charge in [-0.1, -0.05) is 6.92 Å². The smallest absolute Gasteiger partial charge is 0.0121 e. The summed E-state index contributed by atoms with van der Waals surface area (Å²) in [5.74, 6) is 1.04. The highest BCUT2D eigenvalue weighted by Gasteiger charge is 2.38. The number of rotatable bonds is 1. The summed E-state index contributed by atoms with van der Waals surface area (Å²) in [6.07, 6.45) is 7.31. The van der Waals surface area contributed by atoms with Gasteiger partial charge in [-0.15, -0.1) is 0 Å². The van der Waals surface area contributed by atoms with Gasteiger partial charge in [0.2, 0.25) is 0 Å². The number of hydrogen-bond donors (Lipinski definition) is 0. The molecule has 2 aliphatic heterocycles. The standard InChI is InChI=1S/C10H19N/c1-3-10-8-4-6-9(7-5-8)11(10)2/h8-10H,3-7H2,1-2H3. The van der Waals surface area contributed by atoms with E-state index in [2.05, 4.69) is 18.9 Å². The summed E-state index contributed by atoms with van der Waals surface area (Å²) in [5.41, 5.74) is 0. The van der Waals surface area contributed by atoms with Gasteiger partial charge < -0.3 is 4.90 Å². The molecule has 0 N–H and O–H groups in total. The third-order valence-electron chi connectivity index (χ3n) is 3.80. The molecular weight excluding hydrogens is 134 g/mol. The predicted molar refractivity (Wildman–Crippen MR) is 47.6 cm³/mol. The molecule has 0 amide bonds. The SMILES string of the molecule is CCC1C2CCC(CC2)N1C. The molecule has 0 aromatic heterocycles. The zero-order valence-corrected chi connectivity index (χ0v) is 7.71. The van der Waals surface area contributed by atoms with Crippen molar-refractivity contribution in [2.24, 2.45) is 5.92 Å². The minimum atomic E-state index is 0.919. The van der Waals surface area contributed by atoms with E-state index in [1.807, 2.05) is 0 Å². The van der Waals surface area contributed by atoms with Gasteiger partial charge in [0.15, 0.2) is 0 Å². The lowest BCUT2D eigenvalue weighted by molar-refractivity contribution is 0.00689. The van der Waals surface area contributed by atoms with Crippen LogP contribution in [0.5, 0.6) is 0 Å². The topological polar surface area (TPSA) is 3.24 Å². The molecule has 2 heterocycles. The van der Waals surface area contributed by atoms with Crippen LogP contribution < -0.4 is 0 Å². The van der Waals surface area contributed by atoms with Crippen molar-refractivity contribution in [2.45, 2.75) is 51.1 Å². The summed E-state index contributed by atoms with van der Waals surface area (Å²) in [5, 5.41) is 0. The van der Waals surface area contributed by atoms with Gasteiger partial charge in [-0.25, -0.2) is 0 Å². The van der Waals surface area contributed by atoms with Crippen molar-refractivity contribution < 1.29 is 0 Å². The monoisotopic (exact) mass is 153 g/mol. The molecule has 0 spiro atoms. The molecule has 1 unspecified atom stereocenters. The predicted octanol–water partition coefficient (Wildman–Crippen LogP) is 2.27. The second-order valence-electron chi connectivity index (χ2n) is 4.21. The van der Waals surface area contributed by atoms with Crippen molar-refractivity contribution in [3.63, 3.8) is 0 Å². The average Bonchev–Trinajstić information content (AvgIpc) is 2.06. The fourth-order valence-electron chi connectivity index (χ4n) is 3.12. The third kappa shape index (κ3) is 1.10. The van der Waals surface area contributed by atoms with Crippen molar-refractivity contribution in [2.75, 3.05) is 7.05 Å². The fraction of sp³-hybridized carbons (Fsp3) is 1.00. The van der Waals surface area contributed by atoms with Crippen LogP contribution >= 0.6 is 0 Å². The van der Waals surface area contributed by atoms with Crippen LogP contribution in [0.4, 0.5) is 0 Å². The van der Waals surface area contributed by atoms with E-state index in [0.717, 1.165) is 18.0 Å². The molecule has 1 nitrogen and oxygen atoms in total. The van der Waals surface area contributed by atoms with E-state index >= 15 is 0 Å². The Morgan fingerprint density at radius 2 is 1.82 bits per heavy atom. The lowest BCUT2D eigenvalue weighted by atomic mass is 9.74. The van der Waals surface area contributed by atoms with Gasteiger partial charge in [-0.05, 0) is 45.1 Å². The van der Waals surface area contributed by atoms with Crippen LogP contribution in [0.2, 0.25) is 0 Å². The highest BCUT2D eigenvalue weighted by atomic mass is 15.2. The maximum absolute atomic E-state index is 2.64. The van der Waals surface area contributed by atoms with Gasteiger partial charge in [-0.3, -0.25) is 0 Å². The van der Waals surface area contributed by atoms with Gasteiger partial charge in [0.25, 0.3) is 0 Å². The Balaban J connectivity index is 2.10. The van der Waals surface area contributed by atoms with E-state index in [0.29, 0.717) is 0 Å². The Morgan fingerprint density at radius 1 is 1.18 bits per heavy atom. The van der Waals surface area contributed by atoms with E-state index in [-0.39, 0.29) is 0 Å². The summed E-state index contributed by atoms with van der Waals surface area (Å²) in [6.45, 7) is 2.34. The summed E-state index contributed by atoms with van der Waals surface area (Å²) < 4.78 is 0. The van der Waals surface area contributed by atoms with E-state index in [1.165, 1.54) is 32.1 Å². The fourth-order valence-corrected chi connectivity index (χ4v) is 3.12. The Labute approximate surface area is 69.8 Å². The van der Waals surface area contributed by atoms with Crippen LogP contribution in [0, 0.1) is 5.92 Å². The van der Waals surface area contributed by atoms with Crippen molar-refractivity contribution in [1.29, 1.82) is 0 Å². The van der Waals surface area contributed by atoms with Crippen molar-refractivity contribution in [1.82, 2.24) is 4.90 Å². The molecular formula is C10H19N. The minimum absolute atomic E-state index is 0.919. The Kier molecular flexibility index (Phi) is 1.92. The molecule has 1 atom stereocenters. The third-order valence-corrected chi connectivity index (χ3v) is 3.80. The van der Waals surface area contributed by atoms with Crippen molar-refractivity contribution in [3.05, 3.63) is 0 Å². The van der Waals surface area contributed by atoms with Crippen LogP contribution in [0.1, 0.15) is 39.0 Å². The van der Waals surface area contributed by atoms with E-state index < -0.39 is 0 Å². The molecule has 1 heteroatoms. The van der Waals surface area contributed by atoms with E-state index in [1.54, 1.807) is 0 Å². The van der Waals surface area contributed by atoms with Crippen molar-refractivity contribution in [3.8, 4) is 0 Å². The normalized spacial score (nSPS) is 44.7. The first-order chi connectivity index (χ1) is 5.33. The molecule has 1 aliphatic carbocycles. The van der Waals surface area contributed by atoms with Crippen LogP contribution in [0.25, 0.3) is 0 Å². The lowest BCUT2D eigenvalue weighted by Crippen LogP contribution is -2.52. The zero-order chi connectivity index (χ0) is 7.84.